The molecule has 0 unspecified atom stereocenters. The second-order valence-electron chi connectivity index (χ2n) is 2.06. The fraction of sp³-hybridized carbons (Fsp3) is 0. The largest absolute Gasteiger partial charge is 0.478 e. The van der Waals surface area contributed by atoms with E-state index in [9.17, 15) is 4.79 Å². The minimum Gasteiger partial charge on any atom is -0.478 e. The molecule has 1 N–H and O–H groups in total. The number of hydrogen-bond donors (Lipinski definition) is 1. The van der Waals surface area contributed by atoms with Gasteiger partial charge in [-0.1, -0.05) is 30.3 Å². The highest BCUT2D eigenvalue weighted by atomic mass is 16.4. The summed E-state index contributed by atoms with van der Waals surface area (Å²) < 4.78 is 6.27. The molecule has 2 heteroatoms. The summed E-state index contributed by atoms with van der Waals surface area (Å²) in [5.41, 5.74) is 0.905. The van der Waals surface area contributed by atoms with Crippen LogP contribution in [0.5, 0.6) is 0 Å². The summed E-state index contributed by atoms with van der Waals surface area (Å²) in [4.78, 5) is 10.5. The topological polar surface area (TPSA) is 37.3 Å². The van der Waals surface area contributed by atoms with E-state index in [0.29, 0.717) is 0 Å². The predicted octanol–water partition coefficient (Wildman–Crippen LogP) is 1.78. The molecule has 0 radical (unpaired) electrons. The standard InChI is InChI=1S/C9H8O2/c10-9(11)7-6-8-4-2-1-3-5-8/h1-7H,(H,10,11)/b7-6+/i/hD. The summed E-state index contributed by atoms with van der Waals surface area (Å²) in [6.07, 6.45) is 2.80. The van der Waals surface area contributed by atoms with Gasteiger partial charge in [0.05, 0.1) is 0 Å². The number of carboxylic acids is 1. The second-order valence-corrected chi connectivity index (χ2v) is 2.06. The first kappa shape index (κ1) is 6.16. The average molecular weight is 149 g/mol. The Morgan fingerprint density at radius 3 is 2.82 bits per heavy atom. The Morgan fingerprint density at radius 2 is 2.18 bits per heavy atom. The van der Waals surface area contributed by atoms with Crippen LogP contribution in [0.4, 0.5) is 0 Å². The Kier molecular flexibility index (Phi) is 1.99. The summed E-state index contributed by atoms with van der Waals surface area (Å²) in [6.45, 7) is 0. The number of rotatable bonds is 2. The zero-order valence-electron chi connectivity index (χ0n) is 6.86. The molecule has 0 bridgehead atoms. The lowest BCUT2D eigenvalue weighted by Gasteiger charge is -1.87. The molecule has 56 valence electrons. The molecule has 0 amide bonds. The maximum absolute atomic E-state index is 10.5. The van der Waals surface area contributed by atoms with Crippen molar-refractivity contribution in [1.29, 1.82) is 1.43 Å². The summed E-state index contributed by atoms with van der Waals surface area (Å²) >= 11 is 0. The molecule has 1 rings (SSSR count). The van der Waals surface area contributed by atoms with Crippen molar-refractivity contribution in [3.63, 3.8) is 0 Å². The lowest BCUT2D eigenvalue weighted by molar-refractivity contribution is -0.131. The molecule has 0 heterocycles. The number of aliphatic carboxylic acids is 1. The van der Waals surface area contributed by atoms with Crippen LogP contribution in [-0.2, 0) is 4.79 Å². The van der Waals surface area contributed by atoms with E-state index < -0.39 is 5.97 Å². The highest BCUT2D eigenvalue weighted by Gasteiger charge is 1.85. The minimum atomic E-state index is -0.668. The zero-order chi connectivity index (χ0) is 8.81. The first-order valence-electron chi connectivity index (χ1n) is 3.64. The van der Waals surface area contributed by atoms with E-state index in [2.05, 4.69) is 5.11 Å². The third-order valence-corrected chi connectivity index (χ3v) is 1.21. The number of carbonyl (C=O) groups is 1. The van der Waals surface area contributed by atoms with Crippen molar-refractivity contribution >= 4 is 12.0 Å². The van der Waals surface area contributed by atoms with Crippen LogP contribution in [0.15, 0.2) is 36.4 Å². The van der Waals surface area contributed by atoms with Gasteiger partial charge in [-0.15, -0.1) is 0 Å². The third-order valence-electron chi connectivity index (χ3n) is 1.21. The molecule has 2 nitrogen and oxygen atoms in total. The van der Waals surface area contributed by atoms with Gasteiger partial charge >= 0.3 is 5.97 Å². The smallest absolute Gasteiger partial charge is 0.328 e. The van der Waals surface area contributed by atoms with E-state index in [-0.39, 0.29) is 0 Å². The van der Waals surface area contributed by atoms with E-state index in [0.717, 1.165) is 5.56 Å². The van der Waals surface area contributed by atoms with E-state index in [1.165, 1.54) is 6.08 Å². The first-order chi connectivity index (χ1) is 5.83. The second kappa shape index (κ2) is 3.56. The lowest BCUT2D eigenvalue weighted by Crippen LogP contribution is -1.85. The van der Waals surface area contributed by atoms with Crippen molar-refractivity contribution in [2.75, 3.05) is 0 Å². The van der Waals surface area contributed by atoms with Gasteiger partial charge in [0.2, 0.25) is 0 Å². The summed E-state index contributed by atoms with van der Waals surface area (Å²) in [5.74, 6) is -0.668. The molecule has 0 fully saturated rings. The molecule has 0 aliphatic carbocycles. The van der Waals surface area contributed by atoms with Gasteiger partial charge < -0.3 is 5.11 Å². The van der Waals surface area contributed by atoms with Crippen molar-refractivity contribution in [2.45, 2.75) is 0 Å². The van der Waals surface area contributed by atoms with Gasteiger partial charge in [0.25, 0.3) is 1.43 Å². The first-order valence-corrected chi connectivity index (χ1v) is 3.23. The molecule has 1 aromatic carbocycles. The molecule has 0 spiro atoms. The van der Waals surface area contributed by atoms with Gasteiger partial charge in [-0.2, -0.15) is 0 Å². The Balaban J connectivity index is 2.64. The maximum Gasteiger partial charge on any atom is 0.328 e. The molecule has 0 aromatic heterocycles. The quantitative estimate of drug-likeness (QED) is 0.651. The van der Waals surface area contributed by atoms with Gasteiger partial charge in [-0.05, 0) is 11.6 Å². The van der Waals surface area contributed by atoms with Crippen molar-refractivity contribution in [3.05, 3.63) is 42.0 Å². The highest BCUT2D eigenvalue weighted by Crippen LogP contribution is 1.99. The number of benzene rings is 1. The fourth-order valence-corrected chi connectivity index (χ4v) is 0.728. The third kappa shape index (κ3) is 2.67. The predicted molar refractivity (Wildman–Crippen MR) is 43.1 cm³/mol. The van der Waals surface area contributed by atoms with Gasteiger partial charge in [0.15, 0.2) is 0 Å². The molecule has 1 aromatic rings. The maximum atomic E-state index is 10.5. The summed E-state index contributed by atoms with van der Waals surface area (Å²) in [7, 11) is 0. The SMILES string of the molecule is [2H]OC(=O)/C=C/c1ccccc1. The van der Waals surface area contributed by atoms with Gasteiger partial charge in [0, 0.05) is 6.08 Å². The van der Waals surface area contributed by atoms with E-state index >= 15 is 0 Å². The molecule has 0 aliphatic rings. The highest BCUT2D eigenvalue weighted by molar-refractivity contribution is 5.85. The van der Waals surface area contributed by atoms with Gasteiger partial charge in [-0.3, -0.25) is 0 Å². The van der Waals surface area contributed by atoms with Crippen molar-refractivity contribution in [3.8, 4) is 0 Å². The Morgan fingerprint density at radius 1 is 1.45 bits per heavy atom. The van der Waals surface area contributed by atoms with Crippen molar-refractivity contribution < 1.29 is 9.90 Å². The van der Waals surface area contributed by atoms with Crippen molar-refractivity contribution in [2.24, 2.45) is 0 Å². The van der Waals surface area contributed by atoms with Gasteiger partial charge in [0.1, 0.15) is 0 Å². The van der Waals surface area contributed by atoms with Crippen LogP contribution in [0, 0.1) is 0 Å². The summed E-state index contributed by atoms with van der Waals surface area (Å²) in [6, 6.07) is 9.33. The molecular formula is C9H8O2. The van der Waals surface area contributed by atoms with Gasteiger partial charge in [-0.25, -0.2) is 4.79 Å². The van der Waals surface area contributed by atoms with Crippen LogP contribution < -0.4 is 0 Å². The molecule has 0 aliphatic heterocycles. The zero-order valence-corrected chi connectivity index (χ0v) is 5.86. The Hall–Kier alpha value is -1.57. The Labute approximate surface area is 66.3 Å². The number of carboxylic acid groups (broad SMARTS) is 1. The molecule has 0 saturated heterocycles. The average Bonchev–Trinajstić information content (AvgIpc) is 2.16. The number of hydrogen-bond acceptors (Lipinski definition) is 2. The van der Waals surface area contributed by atoms with Crippen LogP contribution >= 0.6 is 0 Å². The van der Waals surface area contributed by atoms with E-state index in [1.807, 2.05) is 30.3 Å². The van der Waals surface area contributed by atoms with Crippen LogP contribution in [0.25, 0.3) is 7.51 Å². The normalized spacial score (nSPS) is 11.1. The van der Waals surface area contributed by atoms with Crippen LogP contribution in [0.2, 0.25) is 0 Å². The minimum absolute atomic E-state index is 0.668. The van der Waals surface area contributed by atoms with Crippen LogP contribution in [0.1, 0.15) is 5.56 Å². The monoisotopic (exact) mass is 149 g/mol. The van der Waals surface area contributed by atoms with E-state index in [4.69, 9.17) is 1.43 Å². The fourth-order valence-electron chi connectivity index (χ4n) is 0.728. The van der Waals surface area contributed by atoms with Crippen molar-refractivity contribution in [1.82, 2.24) is 0 Å². The van der Waals surface area contributed by atoms with Crippen LogP contribution in [-0.4, -0.2) is 11.1 Å². The molecule has 0 atom stereocenters. The lowest BCUT2D eigenvalue weighted by atomic mass is 10.2. The summed E-state index contributed by atoms with van der Waals surface area (Å²) in [5, 5.41) is 3.70. The van der Waals surface area contributed by atoms with Crippen LogP contribution in [0.3, 0.4) is 0 Å². The molecule has 0 saturated carbocycles. The Bertz CT molecular complexity index is 280. The molecular weight excluding hydrogens is 140 g/mol. The molecule has 11 heavy (non-hydrogen) atoms. The van der Waals surface area contributed by atoms with E-state index in [1.54, 1.807) is 6.08 Å².